The summed E-state index contributed by atoms with van der Waals surface area (Å²) < 4.78 is 18.7. The minimum absolute atomic E-state index is 0.0370. The summed E-state index contributed by atoms with van der Waals surface area (Å²) in [6.45, 7) is 4.81. The predicted octanol–water partition coefficient (Wildman–Crippen LogP) is 5.31. The molecule has 0 spiro atoms. The Morgan fingerprint density at radius 2 is 1.95 bits per heavy atom. The van der Waals surface area contributed by atoms with Crippen molar-refractivity contribution in [3.05, 3.63) is 28.5 Å². The van der Waals surface area contributed by atoms with Crippen molar-refractivity contribution in [1.29, 1.82) is 0 Å². The van der Waals surface area contributed by atoms with Crippen LogP contribution in [0.3, 0.4) is 0 Å². The minimum atomic E-state index is -0.913. The molecule has 0 N–H and O–H groups in total. The summed E-state index contributed by atoms with van der Waals surface area (Å²) in [5, 5.41) is 2.08. The van der Waals surface area contributed by atoms with Gasteiger partial charge in [-0.3, -0.25) is 14.2 Å². The Morgan fingerprint density at radius 1 is 1.16 bits per heavy atom. The highest BCUT2D eigenvalue weighted by molar-refractivity contribution is 7.13. The van der Waals surface area contributed by atoms with Gasteiger partial charge < -0.3 is 14.2 Å². The van der Waals surface area contributed by atoms with Crippen LogP contribution in [0.1, 0.15) is 71.3 Å². The summed E-state index contributed by atoms with van der Waals surface area (Å²) in [5.74, 6) is 5.91. The lowest BCUT2D eigenvalue weighted by Crippen LogP contribution is -2.36. The Labute approximate surface area is 224 Å². The number of ether oxygens (including phenoxy) is 3. The van der Waals surface area contributed by atoms with Gasteiger partial charge in [0.15, 0.2) is 35.1 Å². The molecule has 196 valence electrons. The van der Waals surface area contributed by atoms with Gasteiger partial charge in [-0.15, -0.1) is 11.3 Å². The predicted molar refractivity (Wildman–Crippen MR) is 140 cm³/mol. The number of aromatic nitrogens is 4. The van der Waals surface area contributed by atoms with Crippen molar-refractivity contribution in [3.8, 4) is 22.5 Å². The topological polar surface area (TPSA) is 105 Å². The van der Waals surface area contributed by atoms with Gasteiger partial charge in [0.05, 0.1) is 11.5 Å². The van der Waals surface area contributed by atoms with Crippen LogP contribution in [0.2, 0.25) is 5.15 Å². The Balaban J connectivity index is 1.74. The maximum Gasteiger partial charge on any atom is 0.303 e. The summed E-state index contributed by atoms with van der Waals surface area (Å²) in [6.07, 6.45) is 3.97. The quantitative estimate of drug-likeness (QED) is 0.154. The van der Waals surface area contributed by atoms with E-state index in [-0.39, 0.29) is 17.6 Å². The van der Waals surface area contributed by atoms with Gasteiger partial charge in [0.2, 0.25) is 5.82 Å². The SMILES string of the molecule is CCCCCCCC#Cc1nc(Cl)c2nc(-c3cccs3)n([C@@H]3OC[C@@H](OC(C)=O)[C@H]3OC(C)=O)c2n1. The van der Waals surface area contributed by atoms with Crippen LogP contribution in [0.4, 0.5) is 0 Å². The number of imidazole rings is 1. The lowest BCUT2D eigenvalue weighted by molar-refractivity contribution is -0.164. The van der Waals surface area contributed by atoms with Gasteiger partial charge in [-0.25, -0.2) is 15.0 Å². The first-order chi connectivity index (χ1) is 17.9. The van der Waals surface area contributed by atoms with Gasteiger partial charge in [0.25, 0.3) is 0 Å². The van der Waals surface area contributed by atoms with Crippen LogP contribution in [0.25, 0.3) is 21.9 Å². The molecule has 0 bridgehead atoms. The zero-order valence-electron chi connectivity index (χ0n) is 21.0. The van der Waals surface area contributed by atoms with Crippen molar-refractivity contribution in [2.45, 2.75) is 77.7 Å². The summed E-state index contributed by atoms with van der Waals surface area (Å²) in [6, 6.07) is 3.80. The van der Waals surface area contributed by atoms with E-state index in [0.29, 0.717) is 17.0 Å². The average Bonchev–Trinajstić information content (AvgIpc) is 3.58. The third kappa shape index (κ3) is 6.47. The van der Waals surface area contributed by atoms with E-state index in [2.05, 4.69) is 28.7 Å². The zero-order valence-corrected chi connectivity index (χ0v) is 22.6. The zero-order chi connectivity index (χ0) is 26.4. The lowest BCUT2D eigenvalue weighted by Gasteiger charge is -2.24. The molecule has 0 saturated carbocycles. The van der Waals surface area contributed by atoms with Crippen LogP contribution in [-0.2, 0) is 23.8 Å². The Morgan fingerprint density at radius 3 is 2.65 bits per heavy atom. The fourth-order valence-electron chi connectivity index (χ4n) is 4.20. The number of hydrogen-bond acceptors (Lipinski definition) is 9. The van der Waals surface area contributed by atoms with Crippen LogP contribution in [-0.4, -0.2) is 50.3 Å². The van der Waals surface area contributed by atoms with E-state index in [1.165, 1.54) is 44.4 Å². The van der Waals surface area contributed by atoms with Crippen LogP contribution in [0, 0.1) is 11.8 Å². The standard InChI is InChI=1S/C26H29ClN4O5S/c1-4-5-6-7-8-9-10-13-20-28-23(27)21-25(29-20)31(24(30-21)19-12-11-14-37-19)26-22(36-17(3)33)18(15-34-26)35-16(2)32/h11-12,14,18,22,26H,4-9,15H2,1-3H3/t18-,22-,26-/m1/s1. The minimum Gasteiger partial charge on any atom is -0.456 e. The third-order valence-corrected chi connectivity index (χ3v) is 6.93. The molecule has 4 heterocycles. The molecule has 0 unspecified atom stereocenters. The first kappa shape index (κ1) is 27.0. The number of carbonyl (C=O) groups excluding carboxylic acids is 2. The molecule has 11 heteroatoms. The molecule has 3 atom stereocenters. The van der Waals surface area contributed by atoms with Crippen molar-refractivity contribution < 1.29 is 23.8 Å². The number of hydrogen-bond donors (Lipinski definition) is 0. The maximum atomic E-state index is 12.0. The molecule has 1 fully saturated rings. The maximum absolute atomic E-state index is 12.0. The first-order valence-corrected chi connectivity index (χ1v) is 13.6. The van der Waals surface area contributed by atoms with Crippen molar-refractivity contribution in [3.63, 3.8) is 0 Å². The van der Waals surface area contributed by atoms with Crippen LogP contribution >= 0.6 is 22.9 Å². The Kier molecular flexibility index (Phi) is 9.14. The van der Waals surface area contributed by atoms with Gasteiger partial charge >= 0.3 is 11.9 Å². The monoisotopic (exact) mass is 544 g/mol. The second kappa shape index (κ2) is 12.5. The summed E-state index contributed by atoms with van der Waals surface area (Å²) in [5.41, 5.74) is 0.762. The summed E-state index contributed by atoms with van der Waals surface area (Å²) >= 11 is 8.02. The van der Waals surface area contributed by atoms with E-state index >= 15 is 0 Å². The lowest BCUT2D eigenvalue weighted by atomic mass is 10.1. The second-order valence-corrected chi connectivity index (χ2v) is 10.0. The molecule has 1 aliphatic rings. The number of nitrogens with zero attached hydrogens (tertiary/aromatic N) is 4. The van der Waals surface area contributed by atoms with Gasteiger partial charge in [0.1, 0.15) is 5.52 Å². The van der Waals surface area contributed by atoms with E-state index in [9.17, 15) is 9.59 Å². The smallest absolute Gasteiger partial charge is 0.303 e. The third-order valence-electron chi connectivity index (χ3n) is 5.80. The van der Waals surface area contributed by atoms with E-state index < -0.39 is 30.4 Å². The molecule has 0 aliphatic carbocycles. The molecule has 0 radical (unpaired) electrons. The van der Waals surface area contributed by atoms with Gasteiger partial charge in [-0.1, -0.05) is 56.2 Å². The largest absolute Gasteiger partial charge is 0.456 e. The van der Waals surface area contributed by atoms with Crippen molar-refractivity contribution >= 4 is 46.0 Å². The second-order valence-electron chi connectivity index (χ2n) is 8.70. The molecule has 0 amide bonds. The molecule has 0 aromatic carbocycles. The van der Waals surface area contributed by atoms with E-state index in [4.69, 9.17) is 30.8 Å². The molecule has 3 aromatic rings. The normalized spacial score (nSPS) is 19.0. The average molecular weight is 545 g/mol. The molecule has 1 aliphatic heterocycles. The van der Waals surface area contributed by atoms with Crippen molar-refractivity contribution in [2.24, 2.45) is 0 Å². The fourth-order valence-corrected chi connectivity index (χ4v) is 5.12. The first-order valence-electron chi connectivity index (χ1n) is 12.3. The molecular weight excluding hydrogens is 516 g/mol. The molecule has 3 aromatic heterocycles. The van der Waals surface area contributed by atoms with Crippen LogP contribution in [0.15, 0.2) is 17.5 Å². The van der Waals surface area contributed by atoms with E-state index in [0.717, 1.165) is 24.1 Å². The number of thiophene rings is 1. The fraction of sp³-hybridized carbons (Fsp3) is 0.500. The highest BCUT2D eigenvalue weighted by atomic mass is 35.5. The highest BCUT2D eigenvalue weighted by Gasteiger charge is 2.45. The van der Waals surface area contributed by atoms with E-state index in [1.54, 1.807) is 4.57 Å². The van der Waals surface area contributed by atoms with Crippen LogP contribution < -0.4 is 0 Å². The van der Waals surface area contributed by atoms with Gasteiger partial charge in [-0.2, -0.15) is 0 Å². The number of unbranched alkanes of at least 4 members (excludes halogenated alkanes) is 5. The highest BCUT2D eigenvalue weighted by Crippen LogP contribution is 2.38. The Bertz CT molecular complexity index is 1310. The van der Waals surface area contributed by atoms with Crippen LogP contribution in [0.5, 0.6) is 0 Å². The number of halogens is 1. The molecule has 37 heavy (non-hydrogen) atoms. The Hall–Kier alpha value is -3.00. The van der Waals surface area contributed by atoms with Crippen molar-refractivity contribution in [2.75, 3.05) is 6.61 Å². The molecule has 1 saturated heterocycles. The summed E-state index contributed by atoms with van der Waals surface area (Å²) in [7, 11) is 0. The molecular formula is C26H29ClN4O5S. The number of rotatable bonds is 9. The number of esters is 2. The van der Waals surface area contributed by atoms with Crippen molar-refractivity contribution in [1.82, 2.24) is 19.5 Å². The van der Waals surface area contributed by atoms with E-state index in [1.807, 2.05) is 17.5 Å². The number of carbonyl (C=O) groups is 2. The number of fused-ring (bicyclic) bond motifs is 1. The van der Waals surface area contributed by atoms with Gasteiger partial charge in [-0.05, 0) is 23.8 Å². The van der Waals surface area contributed by atoms with Gasteiger partial charge in [0, 0.05) is 20.3 Å². The summed E-state index contributed by atoms with van der Waals surface area (Å²) in [4.78, 5) is 38.2. The molecule has 9 nitrogen and oxygen atoms in total. The molecule has 4 rings (SSSR count).